The number of para-hydroxylation sites is 2. The second-order valence-corrected chi connectivity index (χ2v) is 8.86. The third kappa shape index (κ3) is 2.40. The second kappa shape index (κ2) is 6.28. The molecule has 4 aromatic rings. The van der Waals surface area contributed by atoms with Gasteiger partial charge >= 0.3 is 5.69 Å². The van der Waals surface area contributed by atoms with Crippen LogP contribution in [0, 0.1) is 0 Å². The van der Waals surface area contributed by atoms with Crippen molar-refractivity contribution in [1.29, 1.82) is 0 Å². The molecular weight excluding hydrogens is 396 g/mol. The fourth-order valence-electron chi connectivity index (χ4n) is 3.76. The molecule has 1 unspecified atom stereocenters. The Morgan fingerprint density at radius 2 is 1.96 bits per heavy atom. The first kappa shape index (κ1) is 17.6. The summed E-state index contributed by atoms with van der Waals surface area (Å²) in [6.07, 6.45) is 2.03. The summed E-state index contributed by atoms with van der Waals surface area (Å²) in [6.45, 7) is 1.45. The molecule has 3 aromatic heterocycles. The molecule has 0 bridgehead atoms. The summed E-state index contributed by atoms with van der Waals surface area (Å²) >= 11 is 3.28. The van der Waals surface area contributed by atoms with Crippen molar-refractivity contribution in [3.63, 3.8) is 0 Å². The predicted molar refractivity (Wildman–Crippen MR) is 111 cm³/mol. The molecule has 0 amide bonds. The summed E-state index contributed by atoms with van der Waals surface area (Å²) in [5.41, 5.74) is 2.39. The molecule has 0 saturated carbocycles. The highest BCUT2D eigenvalue weighted by molar-refractivity contribution is 8.00. The van der Waals surface area contributed by atoms with Gasteiger partial charge in [-0.15, -0.1) is 0 Å². The highest BCUT2D eigenvalue weighted by Crippen LogP contribution is 2.36. The highest BCUT2D eigenvalue weighted by Gasteiger charge is 2.30. The number of benzene rings is 1. The zero-order chi connectivity index (χ0) is 19.6. The van der Waals surface area contributed by atoms with Crippen LogP contribution in [-0.4, -0.2) is 39.7 Å². The van der Waals surface area contributed by atoms with Crippen LogP contribution >= 0.6 is 23.5 Å². The molecule has 1 atom stereocenters. The van der Waals surface area contributed by atoms with Crippen LogP contribution in [0.3, 0.4) is 0 Å². The molecule has 10 heteroatoms. The molecule has 0 saturated heterocycles. The minimum atomic E-state index is -0.356. The van der Waals surface area contributed by atoms with Gasteiger partial charge in [0.05, 0.1) is 11.0 Å². The number of fused-ring (bicyclic) bond motifs is 4. The maximum Gasteiger partial charge on any atom is 0.332 e. The molecule has 8 nitrogen and oxygen atoms in total. The lowest BCUT2D eigenvalue weighted by Crippen LogP contribution is -2.37. The van der Waals surface area contributed by atoms with Crippen molar-refractivity contribution < 1.29 is 0 Å². The molecule has 0 aliphatic carbocycles. The van der Waals surface area contributed by atoms with Crippen molar-refractivity contribution in [2.24, 2.45) is 14.1 Å². The number of hydrogen-bond acceptors (Lipinski definition) is 6. The van der Waals surface area contributed by atoms with Gasteiger partial charge in [0.1, 0.15) is 0 Å². The van der Waals surface area contributed by atoms with Gasteiger partial charge in [0.15, 0.2) is 21.5 Å². The van der Waals surface area contributed by atoms with Crippen molar-refractivity contribution in [2.75, 3.05) is 6.26 Å². The van der Waals surface area contributed by atoms with Gasteiger partial charge in [-0.1, -0.05) is 35.7 Å². The van der Waals surface area contributed by atoms with E-state index in [4.69, 9.17) is 4.98 Å². The van der Waals surface area contributed by atoms with Gasteiger partial charge in [0.25, 0.3) is 5.56 Å². The van der Waals surface area contributed by atoms with Crippen molar-refractivity contribution in [2.45, 2.75) is 28.7 Å². The van der Waals surface area contributed by atoms with Crippen LogP contribution in [0.4, 0.5) is 0 Å². The smallest absolute Gasteiger partial charge is 0.318 e. The first-order valence-corrected chi connectivity index (χ1v) is 10.9. The van der Waals surface area contributed by atoms with E-state index in [0.717, 1.165) is 32.5 Å². The molecule has 5 rings (SSSR count). The lowest BCUT2D eigenvalue weighted by atomic mass is 10.3. The highest BCUT2D eigenvalue weighted by atomic mass is 32.2. The van der Waals surface area contributed by atoms with Crippen LogP contribution in [0.1, 0.15) is 0 Å². The molecule has 0 N–H and O–H groups in total. The van der Waals surface area contributed by atoms with E-state index in [9.17, 15) is 9.59 Å². The lowest BCUT2D eigenvalue weighted by Gasteiger charge is -2.13. The number of aromatic nitrogens is 6. The number of aryl methyl sites for hydroxylation is 1. The van der Waals surface area contributed by atoms with Crippen LogP contribution < -0.4 is 11.2 Å². The average Bonchev–Trinajstić information content (AvgIpc) is 3.35. The quantitative estimate of drug-likeness (QED) is 0.475. The van der Waals surface area contributed by atoms with E-state index in [1.54, 1.807) is 30.6 Å². The third-order valence-corrected chi connectivity index (χ3v) is 6.99. The van der Waals surface area contributed by atoms with Crippen LogP contribution in [0.15, 0.2) is 44.2 Å². The first-order valence-electron chi connectivity index (χ1n) is 8.81. The third-order valence-electron chi connectivity index (χ3n) is 5.16. The zero-order valence-electron chi connectivity index (χ0n) is 15.6. The van der Waals surface area contributed by atoms with E-state index in [0.29, 0.717) is 17.7 Å². The Kier molecular flexibility index (Phi) is 3.95. The number of imidazole rings is 2. The van der Waals surface area contributed by atoms with E-state index in [1.807, 2.05) is 29.0 Å². The number of hydrogen-bond donors (Lipinski definition) is 0. The molecule has 4 heterocycles. The van der Waals surface area contributed by atoms with Gasteiger partial charge < -0.3 is 9.13 Å². The van der Waals surface area contributed by atoms with Crippen molar-refractivity contribution >= 4 is 45.7 Å². The summed E-state index contributed by atoms with van der Waals surface area (Å²) in [7, 11) is 3.16. The maximum atomic E-state index is 12.7. The first-order chi connectivity index (χ1) is 13.5. The normalized spacial score (nSPS) is 16.3. The van der Waals surface area contributed by atoms with Crippen molar-refractivity contribution in [3.8, 4) is 0 Å². The Labute approximate surface area is 168 Å². The summed E-state index contributed by atoms with van der Waals surface area (Å²) in [6, 6.07) is 8.13. The van der Waals surface area contributed by atoms with E-state index >= 15 is 0 Å². The summed E-state index contributed by atoms with van der Waals surface area (Å²) in [5.74, 6) is 0. The molecule has 0 radical (unpaired) electrons. The van der Waals surface area contributed by atoms with Gasteiger partial charge in [0, 0.05) is 32.4 Å². The summed E-state index contributed by atoms with van der Waals surface area (Å²) < 4.78 is 6.77. The molecule has 144 valence electrons. The minimum Gasteiger partial charge on any atom is -0.318 e. The number of rotatable bonds is 3. The Morgan fingerprint density at radius 1 is 1.18 bits per heavy atom. The minimum absolute atomic E-state index is 0.234. The Hall–Kier alpha value is -2.46. The Balaban J connectivity index is 1.55. The molecular formula is C18H18N6O2S2. The van der Waals surface area contributed by atoms with Gasteiger partial charge in [-0.25, -0.2) is 14.8 Å². The molecule has 28 heavy (non-hydrogen) atoms. The van der Waals surface area contributed by atoms with E-state index in [2.05, 4.69) is 15.6 Å². The van der Waals surface area contributed by atoms with Gasteiger partial charge in [0.2, 0.25) is 0 Å². The molecule has 1 aromatic carbocycles. The molecule has 1 aliphatic heterocycles. The second-order valence-electron chi connectivity index (χ2n) is 6.82. The number of nitrogens with zero attached hydrogens (tertiary/aromatic N) is 6. The SMILES string of the molecule is CSc1nc2ccccc2n1CC1Cn2c(nc3c2c(=O)n(C)c(=O)n3C)S1. The predicted octanol–water partition coefficient (Wildman–Crippen LogP) is 1.68. The van der Waals surface area contributed by atoms with Crippen LogP contribution in [-0.2, 0) is 27.2 Å². The average molecular weight is 415 g/mol. The Bertz CT molecular complexity index is 1360. The summed E-state index contributed by atoms with van der Waals surface area (Å²) in [4.78, 5) is 34.1. The van der Waals surface area contributed by atoms with E-state index in [1.165, 1.54) is 11.6 Å². The molecule has 0 spiro atoms. The van der Waals surface area contributed by atoms with Gasteiger partial charge in [-0.2, -0.15) is 0 Å². The topological polar surface area (TPSA) is 79.6 Å². The van der Waals surface area contributed by atoms with E-state index in [-0.39, 0.29) is 16.5 Å². The monoisotopic (exact) mass is 414 g/mol. The largest absolute Gasteiger partial charge is 0.332 e. The van der Waals surface area contributed by atoms with Gasteiger partial charge in [-0.3, -0.25) is 13.9 Å². The van der Waals surface area contributed by atoms with Gasteiger partial charge in [-0.05, 0) is 18.4 Å². The number of thioether (sulfide) groups is 2. The standard InChI is InChI=1S/C18H18N6O2S2/c1-21-14-13(15(25)22(2)18(21)26)24-9-10(28-17(24)20-14)8-23-12-7-5-4-6-11(12)19-16(23)27-3/h4-7,10H,8-9H2,1-3H3. The van der Waals surface area contributed by atoms with Crippen LogP contribution in [0.2, 0.25) is 0 Å². The maximum absolute atomic E-state index is 12.7. The van der Waals surface area contributed by atoms with E-state index < -0.39 is 0 Å². The Morgan fingerprint density at radius 3 is 2.75 bits per heavy atom. The molecule has 0 fully saturated rings. The summed E-state index contributed by atoms with van der Waals surface area (Å²) in [5, 5.41) is 2.00. The zero-order valence-corrected chi connectivity index (χ0v) is 17.3. The fourth-order valence-corrected chi connectivity index (χ4v) is 5.52. The van der Waals surface area contributed by atoms with Crippen molar-refractivity contribution in [3.05, 3.63) is 45.1 Å². The molecule has 1 aliphatic rings. The van der Waals surface area contributed by atoms with Crippen LogP contribution in [0.25, 0.3) is 22.2 Å². The van der Waals surface area contributed by atoms with Crippen LogP contribution in [0.5, 0.6) is 0 Å². The van der Waals surface area contributed by atoms with Crippen molar-refractivity contribution in [1.82, 2.24) is 28.2 Å². The fraction of sp³-hybridized carbons (Fsp3) is 0.333. The lowest BCUT2D eigenvalue weighted by molar-refractivity contribution is 0.569.